The van der Waals surface area contributed by atoms with Gasteiger partial charge in [-0.05, 0) is 24.3 Å². The molecular weight excluding hydrogens is 195 g/mol. The van der Waals surface area contributed by atoms with Crippen molar-refractivity contribution >= 4 is 24.3 Å². The highest BCUT2D eigenvalue weighted by molar-refractivity contribution is 6.38. The van der Waals surface area contributed by atoms with E-state index in [2.05, 4.69) is 23.4 Å². The summed E-state index contributed by atoms with van der Waals surface area (Å²) in [4.78, 5) is 4.41. The summed E-state index contributed by atoms with van der Waals surface area (Å²) < 4.78 is 2.25. The summed E-state index contributed by atoms with van der Waals surface area (Å²) in [6.45, 7) is 4.62. The van der Waals surface area contributed by atoms with Crippen molar-refractivity contribution < 1.29 is 0 Å². The van der Waals surface area contributed by atoms with Gasteiger partial charge in [0.2, 0.25) is 0 Å². The molecule has 0 amide bonds. The monoisotopic (exact) mass is 210 g/mol. The molecule has 1 aliphatic rings. The summed E-state index contributed by atoms with van der Waals surface area (Å²) >= 11 is 0. The SMILES string of the molecule is [B]c1cccc2ncn(C3CC(C)(C)C3)c12. The van der Waals surface area contributed by atoms with Crippen molar-refractivity contribution in [3.8, 4) is 0 Å². The minimum absolute atomic E-state index is 0.477. The van der Waals surface area contributed by atoms with Crippen LogP contribution in [0.2, 0.25) is 0 Å². The molecule has 0 bridgehead atoms. The summed E-state index contributed by atoms with van der Waals surface area (Å²) in [6.07, 6.45) is 4.36. The number of hydrogen-bond acceptors (Lipinski definition) is 1. The molecule has 2 aromatic rings. The van der Waals surface area contributed by atoms with Gasteiger partial charge in [0, 0.05) is 6.04 Å². The highest BCUT2D eigenvalue weighted by Crippen LogP contribution is 2.48. The van der Waals surface area contributed by atoms with Gasteiger partial charge in [-0.25, -0.2) is 4.98 Å². The molecule has 1 aromatic heterocycles. The Bertz CT molecular complexity index is 534. The largest absolute Gasteiger partial charge is 0.328 e. The molecule has 1 fully saturated rings. The molecular formula is C13H15BN2. The number of nitrogens with zero attached hydrogens (tertiary/aromatic N) is 2. The van der Waals surface area contributed by atoms with Crippen LogP contribution in [0.5, 0.6) is 0 Å². The Morgan fingerprint density at radius 2 is 2.12 bits per heavy atom. The number of aromatic nitrogens is 2. The molecule has 0 unspecified atom stereocenters. The zero-order valence-corrected chi connectivity index (χ0v) is 9.77. The molecule has 1 saturated carbocycles. The van der Waals surface area contributed by atoms with E-state index in [1.165, 1.54) is 12.8 Å². The quantitative estimate of drug-likeness (QED) is 0.659. The average Bonchev–Trinajstić information content (AvgIpc) is 2.59. The molecule has 0 N–H and O–H groups in total. The first kappa shape index (κ1) is 9.94. The lowest BCUT2D eigenvalue weighted by Crippen LogP contribution is -2.34. The molecule has 0 atom stereocenters. The van der Waals surface area contributed by atoms with E-state index in [-0.39, 0.29) is 0 Å². The summed E-state index contributed by atoms with van der Waals surface area (Å²) in [6, 6.07) is 6.50. The van der Waals surface area contributed by atoms with Crippen molar-refractivity contribution in [2.24, 2.45) is 5.41 Å². The number of fused-ring (bicyclic) bond motifs is 1. The van der Waals surface area contributed by atoms with E-state index in [0.717, 1.165) is 16.5 Å². The summed E-state index contributed by atoms with van der Waals surface area (Å²) in [5.74, 6) is 0. The van der Waals surface area contributed by atoms with E-state index >= 15 is 0 Å². The van der Waals surface area contributed by atoms with Crippen molar-refractivity contribution in [1.29, 1.82) is 0 Å². The maximum absolute atomic E-state index is 6.02. The highest BCUT2D eigenvalue weighted by Gasteiger charge is 2.37. The third kappa shape index (κ3) is 1.38. The molecule has 0 saturated heterocycles. The summed E-state index contributed by atoms with van der Waals surface area (Å²) in [5.41, 5.74) is 3.41. The number of hydrogen-bond donors (Lipinski definition) is 0. The first-order valence-corrected chi connectivity index (χ1v) is 5.78. The Morgan fingerprint density at radius 1 is 1.38 bits per heavy atom. The first-order chi connectivity index (χ1) is 7.57. The van der Waals surface area contributed by atoms with E-state index in [9.17, 15) is 0 Å². The van der Waals surface area contributed by atoms with Gasteiger partial charge < -0.3 is 4.57 Å². The van der Waals surface area contributed by atoms with Crippen molar-refractivity contribution in [2.75, 3.05) is 0 Å². The predicted molar refractivity (Wildman–Crippen MR) is 67.2 cm³/mol. The minimum Gasteiger partial charge on any atom is -0.328 e. The van der Waals surface area contributed by atoms with Gasteiger partial charge in [0.15, 0.2) is 0 Å². The van der Waals surface area contributed by atoms with Crippen LogP contribution in [0.4, 0.5) is 0 Å². The Hall–Kier alpha value is -1.25. The van der Waals surface area contributed by atoms with Crippen molar-refractivity contribution in [3.05, 3.63) is 24.5 Å². The van der Waals surface area contributed by atoms with Crippen LogP contribution in [-0.2, 0) is 0 Å². The second-order valence-electron chi connectivity index (χ2n) is 5.59. The summed E-state index contributed by atoms with van der Waals surface area (Å²) in [5, 5.41) is 0. The second-order valence-corrected chi connectivity index (χ2v) is 5.59. The normalized spacial score (nSPS) is 19.9. The highest BCUT2D eigenvalue weighted by atomic mass is 15.1. The number of imidazole rings is 1. The Balaban J connectivity index is 2.06. The van der Waals surface area contributed by atoms with Gasteiger partial charge >= 0.3 is 0 Å². The standard InChI is InChI=1S/C13H15BN2/c1-13(2)6-9(7-13)16-8-15-11-5-3-4-10(14)12(11)16/h3-5,8-9H,6-7H2,1-2H3. The molecule has 0 spiro atoms. The fourth-order valence-electron chi connectivity index (χ4n) is 2.81. The van der Waals surface area contributed by atoms with E-state index in [0.29, 0.717) is 11.5 Å². The maximum atomic E-state index is 6.02. The minimum atomic E-state index is 0.477. The van der Waals surface area contributed by atoms with Crippen LogP contribution in [-0.4, -0.2) is 17.4 Å². The van der Waals surface area contributed by atoms with Gasteiger partial charge in [-0.3, -0.25) is 0 Å². The van der Waals surface area contributed by atoms with E-state index in [4.69, 9.17) is 7.85 Å². The molecule has 3 rings (SSSR count). The fourth-order valence-corrected chi connectivity index (χ4v) is 2.81. The average molecular weight is 210 g/mol. The van der Waals surface area contributed by atoms with E-state index in [1.54, 1.807) is 0 Å². The van der Waals surface area contributed by atoms with E-state index in [1.807, 2.05) is 24.5 Å². The molecule has 80 valence electrons. The zero-order chi connectivity index (χ0) is 11.3. The van der Waals surface area contributed by atoms with Gasteiger partial charge in [0.1, 0.15) is 7.85 Å². The van der Waals surface area contributed by atoms with Crippen molar-refractivity contribution in [3.63, 3.8) is 0 Å². The van der Waals surface area contributed by atoms with Crippen LogP contribution in [0.25, 0.3) is 11.0 Å². The van der Waals surface area contributed by atoms with Crippen LogP contribution in [0.3, 0.4) is 0 Å². The Labute approximate surface area is 97.1 Å². The van der Waals surface area contributed by atoms with Gasteiger partial charge in [0.05, 0.1) is 17.4 Å². The Kier molecular flexibility index (Phi) is 1.94. The van der Waals surface area contributed by atoms with Crippen LogP contribution < -0.4 is 5.46 Å². The number of para-hydroxylation sites is 1. The number of benzene rings is 1. The molecule has 2 radical (unpaired) electrons. The topological polar surface area (TPSA) is 17.8 Å². The zero-order valence-electron chi connectivity index (χ0n) is 9.77. The van der Waals surface area contributed by atoms with Crippen LogP contribution in [0, 0.1) is 5.41 Å². The van der Waals surface area contributed by atoms with Gasteiger partial charge in [-0.15, -0.1) is 0 Å². The third-order valence-corrected chi connectivity index (χ3v) is 3.60. The number of rotatable bonds is 1. The second kappa shape index (κ2) is 3.13. The molecule has 1 aliphatic carbocycles. The third-order valence-electron chi connectivity index (χ3n) is 3.60. The maximum Gasteiger partial charge on any atom is 0.116 e. The van der Waals surface area contributed by atoms with Crippen LogP contribution in [0.15, 0.2) is 24.5 Å². The molecule has 2 nitrogen and oxygen atoms in total. The van der Waals surface area contributed by atoms with Crippen molar-refractivity contribution in [2.45, 2.75) is 32.7 Å². The molecule has 0 aliphatic heterocycles. The summed E-state index contributed by atoms with van der Waals surface area (Å²) in [7, 11) is 6.02. The predicted octanol–water partition coefficient (Wildman–Crippen LogP) is 2.19. The van der Waals surface area contributed by atoms with Crippen LogP contribution in [0.1, 0.15) is 32.7 Å². The lowest BCUT2D eigenvalue weighted by Gasteiger charge is -2.43. The lowest BCUT2D eigenvalue weighted by molar-refractivity contribution is 0.107. The van der Waals surface area contributed by atoms with E-state index < -0.39 is 0 Å². The fraction of sp³-hybridized carbons (Fsp3) is 0.462. The van der Waals surface area contributed by atoms with Crippen LogP contribution >= 0.6 is 0 Å². The Morgan fingerprint density at radius 3 is 2.81 bits per heavy atom. The van der Waals surface area contributed by atoms with Gasteiger partial charge in [0.25, 0.3) is 0 Å². The molecule has 16 heavy (non-hydrogen) atoms. The van der Waals surface area contributed by atoms with Crippen molar-refractivity contribution in [1.82, 2.24) is 9.55 Å². The molecule has 1 heterocycles. The first-order valence-electron chi connectivity index (χ1n) is 5.78. The van der Waals surface area contributed by atoms with Gasteiger partial charge in [-0.2, -0.15) is 0 Å². The molecule has 3 heteroatoms. The lowest BCUT2D eigenvalue weighted by atomic mass is 9.68. The molecule has 1 aromatic carbocycles. The van der Waals surface area contributed by atoms with Gasteiger partial charge in [-0.1, -0.05) is 31.4 Å². The smallest absolute Gasteiger partial charge is 0.116 e.